The summed E-state index contributed by atoms with van der Waals surface area (Å²) in [5.41, 5.74) is 0. The molecule has 0 aliphatic carbocycles. The van der Waals surface area contributed by atoms with E-state index < -0.39 is 0 Å². The summed E-state index contributed by atoms with van der Waals surface area (Å²) in [6, 6.07) is 2.66. The Morgan fingerprint density at radius 3 is 2.73 bits per heavy atom. The standard InChI is InChI=1S/C10H16Br2N2S/c1-3-13-5-7(2)14-6-8-4-9(11)10(12)15-8/h4,7,13-14H,3,5-6H2,1-2H3. The van der Waals surface area contributed by atoms with Gasteiger partial charge in [0.2, 0.25) is 0 Å². The van der Waals surface area contributed by atoms with Gasteiger partial charge in [0.25, 0.3) is 0 Å². The molecular formula is C10H16Br2N2S. The Morgan fingerprint density at radius 1 is 1.47 bits per heavy atom. The van der Waals surface area contributed by atoms with Gasteiger partial charge < -0.3 is 10.6 Å². The van der Waals surface area contributed by atoms with E-state index in [9.17, 15) is 0 Å². The van der Waals surface area contributed by atoms with Crippen LogP contribution in [0, 0.1) is 0 Å². The minimum Gasteiger partial charge on any atom is -0.315 e. The zero-order chi connectivity index (χ0) is 11.3. The van der Waals surface area contributed by atoms with Gasteiger partial charge in [-0.3, -0.25) is 0 Å². The number of hydrogen-bond donors (Lipinski definition) is 2. The van der Waals surface area contributed by atoms with Crippen molar-refractivity contribution in [2.45, 2.75) is 26.4 Å². The van der Waals surface area contributed by atoms with Crippen LogP contribution in [0.1, 0.15) is 18.7 Å². The van der Waals surface area contributed by atoms with E-state index in [1.54, 1.807) is 11.3 Å². The summed E-state index contributed by atoms with van der Waals surface area (Å²) in [6.45, 7) is 7.30. The van der Waals surface area contributed by atoms with Crippen molar-refractivity contribution >= 4 is 43.2 Å². The van der Waals surface area contributed by atoms with Crippen LogP contribution >= 0.6 is 43.2 Å². The summed E-state index contributed by atoms with van der Waals surface area (Å²) in [5, 5.41) is 6.80. The van der Waals surface area contributed by atoms with E-state index in [1.807, 2.05) is 0 Å². The van der Waals surface area contributed by atoms with Crippen molar-refractivity contribution in [2.24, 2.45) is 0 Å². The summed E-state index contributed by atoms with van der Waals surface area (Å²) in [7, 11) is 0. The Bertz CT molecular complexity index is 282. The minimum atomic E-state index is 0.504. The van der Waals surface area contributed by atoms with Gasteiger partial charge in [0.15, 0.2) is 0 Å². The van der Waals surface area contributed by atoms with Gasteiger partial charge in [-0.2, -0.15) is 0 Å². The normalized spacial score (nSPS) is 13.1. The molecule has 0 aliphatic rings. The summed E-state index contributed by atoms with van der Waals surface area (Å²) in [6.07, 6.45) is 0. The Labute approximate surface area is 112 Å². The fourth-order valence-electron chi connectivity index (χ4n) is 1.19. The molecule has 0 radical (unpaired) electrons. The van der Waals surface area contributed by atoms with Crippen molar-refractivity contribution < 1.29 is 0 Å². The van der Waals surface area contributed by atoms with Gasteiger partial charge in [-0.05, 0) is 51.4 Å². The number of halogens is 2. The zero-order valence-electron chi connectivity index (χ0n) is 8.94. The lowest BCUT2D eigenvalue weighted by atomic mass is 10.3. The lowest BCUT2D eigenvalue weighted by molar-refractivity contribution is 0.511. The monoisotopic (exact) mass is 354 g/mol. The summed E-state index contributed by atoms with van der Waals surface area (Å²) >= 11 is 8.75. The van der Waals surface area contributed by atoms with Gasteiger partial charge in [-0.15, -0.1) is 11.3 Å². The highest BCUT2D eigenvalue weighted by molar-refractivity contribution is 9.13. The van der Waals surface area contributed by atoms with Crippen molar-refractivity contribution in [3.63, 3.8) is 0 Å². The minimum absolute atomic E-state index is 0.504. The maximum atomic E-state index is 3.50. The van der Waals surface area contributed by atoms with E-state index >= 15 is 0 Å². The SMILES string of the molecule is CCNCC(C)NCc1cc(Br)c(Br)s1. The lowest BCUT2D eigenvalue weighted by Crippen LogP contribution is -2.35. The highest BCUT2D eigenvalue weighted by atomic mass is 79.9. The summed E-state index contributed by atoms with van der Waals surface area (Å²) < 4.78 is 2.31. The molecule has 1 heterocycles. The van der Waals surface area contributed by atoms with Crippen LogP contribution in [0.2, 0.25) is 0 Å². The second-order valence-electron chi connectivity index (χ2n) is 3.42. The molecule has 0 spiro atoms. The molecule has 0 aromatic carbocycles. The molecule has 0 saturated carbocycles. The smallest absolute Gasteiger partial charge is 0.0843 e. The number of rotatable bonds is 6. The predicted octanol–water partition coefficient (Wildman–Crippen LogP) is 3.36. The predicted molar refractivity (Wildman–Crippen MR) is 74.6 cm³/mol. The lowest BCUT2D eigenvalue weighted by Gasteiger charge is -2.12. The summed E-state index contributed by atoms with van der Waals surface area (Å²) in [5.74, 6) is 0. The molecule has 15 heavy (non-hydrogen) atoms. The molecule has 1 atom stereocenters. The molecule has 0 fully saturated rings. The van der Waals surface area contributed by atoms with Crippen LogP contribution in [-0.2, 0) is 6.54 Å². The fraction of sp³-hybridized carbons (Fsp3) is 0.600. The number of nitrogens with one attached hydrogen (secondary N) is 2. The van der Waals surface area contributed by atoms with E-state index in [1.165, 1.54) is 8.66 Å². The number of hydrogen-bond acceptors (Lipinski definition) is 3. The second kappa shape index (κ2) is 7.01. The number of likely N-dealkylation sites (N-methyl/N-ethyl adjacent to an activating group) is 1. The van der Waals surface area contributed by atoms with Gasteiger partial charge in [0.05, 0.1) is 3.79 Å². The average molecular weight is 356 g/mol. The van der Waals surface area contributed by atoms with Crippen molar-refractivity contribution in [1.82, 2.24) is 10.6 Å². The van der Waals surface area contributed by atoms with Gasteiger partial charge >= 0.3 is 0 Å². The van der Waals surface area contributed by atoms with E-state index in [0.29, 0.717) is 6.04 Å². The third-order valence-electron chi connectivity index (χ3n) is 2.02. The molecule has 2 nitrogen and oxygen atoms in total. The Kier molecular flexibility index (Phi) is 6.38. The maximum Gasteiger partial charge on any atom is 0.0843 e. The van der Waals surface area contributed by atoms with Crippen molar-refractivity contribution in [1.29, 1.82) is 0 Å². The van der Waals surface area contributed by atoms with Gasteiger partial charge in [0, 0.05) is 28.5 Å². The maximum absolute atomic E-state index is 3.50. The van der Waals surface area contributed by atoms with Crippen LogP contribution in [0.25, 0.3) is 0 Å². The van der Waals surface area contributed by atoms with E-state index in [-0.39, 0.29) is 0 Å². The van der Waals surface area contributed by atoms with Crippen molar-refractivity contribution in [2.75, 3.05) is 13.1 Å². The molecule has 0 amide bonds. The third kappa shape index (κ3) is 4.95. The van der Waals surface area contributed by atoms with Gasteiger partial charge in [-0.25, -0.2) is 0 Å². The molecule has 1 rings (SSSR count). The van der Waals surface area contributed by atoms with Gasteiger partial charge in [-0.1, -0.05) is 6.92 Å². The molecule has 0 saturated heterocycles. The molecule has 1 aromatic heterocycles. The zero-order valence-corrected chi connectivity index (χ0v) is 12.9. The number of thiophene rings is 1. The van der Waals surface area contributed by atoms with Crippen LogP contribution in [0.4, 0.5) is 0 Å². The molecule has 5 heteroatoms. The van der Waals surface area contributed by atoms with Gasteiger partial charge in [0.1, 0.15) is 0 Å². The van der Waals surface area contributed by atoms with Crippen molar-refractivity contribution in [3.8, 4) is 0 Å². The van der Waals surface area contributed by atoms with E-state index in [0.717, 1.165) is 24.1 Å². The Hall–Kier alpha value is 0.580. The quantitative estimate of drug-likeness (QED) is 0.817. The first-order valence-corrected chi connectivity index (χ1v) is 7.41. The first-order valence-electron chi connectivity index (χ1n) is 5.01. The molecule has 1 aromatic rings. The summed E-state index contributed by atoms with van der Waals surface area (Å²) in [4.78, 5) is 1.34. The topological polar surface area (TPSA) is 24.1 Å². The highest BCUT2D eigenvalue weighted by Gasteiger charge is 2.05. The average Bonchev–Trinajstić information content (AvgIpc) is 2.52. The van der Waals surface area contributed by atoms with Crippen molar-refractivity contribution in [3.05, 3.63) is 19.2 Å². The highest BCUT2D eigenvalue weighted by Crippen LogP contribution is 2.32. The first-order chi connectivity index (χ1) is 7.13. The van der Waals surface area contributed by atoms with E-state index in [4.69, 9.17) is 0 Å². The molecule has 2 N–H and O–H groups in total. The van der Waals surface area contributed by atoms with Crippen LogP contribution in [0.3, 0.4) is 0 Å². The largest absolute Gasteiger partial charge is 0.315 e. The van der Waals surface area contributed by atoms with Crippen LogP contribution in [0.5, 0.6) is 0 Å². The molecule has 86 valence electrons. The molecule has 0 bridgehead atoms. The molecular weight excluding hydrogens is 340 g/mol. The van der Waals surface area contributed by atoms with Crippen LogP contribution in [-0.4, -0.2) is 19.1 Å². The van der Waals surface area contributed by atoms with Crippen LogP contribution < -0.4 is 10.6 Å². The van der Waals surface area contributed by atoms with Crippen LogP contribution in [0.15, 0.2) is 14.3 Å². The fourth-order valence-corrected chi connectivity index (χ4v) is 3.31. The molecule has 1 unspecified atom stereocenters. The second-order valence-corrected chi connectivity index (χ2v) is 6.73. The molecule has 0 aliphatic heterocycles. The van der Waals surface area contributed by atoms with E-state index in [2.05, 4.69) is 62.4 Å². The third-order valence-corrected chi connectivity index (χ3v) is 5.28. The first kappa shape index (κ1) is 13.6. The Balaban J connectivity index is 2.30. The Morgan fingerprint density at radius 2 is 2.20 bits per heavy atom.